The number of amides is 1. The number of ketones is 1. The van der Waals surface area contributed by atoms with Crippen molar-refractivity contribution in [3.05, 3.63) is 117 Å². The predicted molar refractivity (Wildman–Crippen MR) is 228 cm³/mol. The van der Waals surface area contributed by atoms with E-state index in [2.05, 4.69) is 5.32 Å². The minimum absolute atomic E-state index is 0.00759. The largest absolute Gasteiger partial charge is 0.456 e. The third-order valence-electron chi connectivity index (χ3n) is 13.6. The van der Waals surface area contributed by atoms with Crippen LogP contribution < -0.4 is 5.32 Å². The highest BCUT2D eigenvalue weighted by atomic mass is 35.5. The van der Waals surface area contributed by atoms with E-state index in [1.54, 1.807) is 60.7 Å². The van der Waals surface area contributed by atoms with Gasteiger partial charge in [-0.15, -0.1) is 0 Å². The quantitative estimate of drug-likeness (QED) is 0.119. The monoisotopic (exact) mass is 921 g/mol. The molecule has 1 amide bonds. The Balaban J connectivity index is 1.40. The second-order valence-corrected chi connectivity index (χ2v) is 18.4. The van der Waals surface area contributed by atoms with Crippen molar-refractivity contribution in [3.8, 4) is 0 Å². The zero-order valence-electron chi connectivity index (χ0n) is 35.8. The molecule has 15 nitrogen and oxygen atoms in total. The first-order valence-electron chi connectivity index (χ1n) is 20.7. The van der Waals surface area contributed by atoms with Gasteiger partial charge in [0.25, 0.3) is 5.91 Å². The highest BCUT2D eigenvalue weighted by Crippen LogP contribution is 2.64. The van der Waals surface area contributed by atoms with Crippen molar-refractivity contribution >= 4 is 58.8 Å². The molecule has 11 atom stereocenters. The number of ether oxygens (including phenoxy) is 5. The van der Waals surface area contributed by atoms with Crippen molar-refractivity contribution in [2.75, 3.05) is 6.61 Å². The number of esters is 4. The molecule has 3 aromatic carbocycles. The van der Waals surface area contributed by atoms with Crippen LogP contribution >= 0.6 is 23.2 Å². The maximum Gasteiger partial charge on any atom is 0.338 e. The van der Waals surface area contributed by atoms with Gasteiger partial charge in [0.2, 0.25) is 0 Å². The molecule has 0 radical (unpaired) electrons. The number of Topliss-reactive ketones (excluding diaryl/α,β-unsaturated/α-hetero) is 1. The van der Waals surface area contributed by atoms with Crippen LogP contribution in [0.4, 0.5) is 0 Å². The Morgan fingerprint density at radius 3 is 2.08 bits per heavy atom. The van der Waals surface area contributed by atoms with Gasteiger partial charge in [0.05, 0.1) is 45.7 Å². The molecule has 1 heterocycles. The molecule has 1 unspecified atom stereocenters. The van der Waals surface area contributed by atoms with Crippen LogP contribution in [0.15, 0.2) is 90.0 Å². The lowest BCUT2D eigenvalue weighted by Crippen LogP contribution is -2.82. The normalized spacial score (nSPS) is 31.3. The maximum atomic E-state index is 15.5. The van der Waals surface area contributed by atoms with Gasteiger partial charge in [-0.25, -0.2) is 9.59 Å². The third kappa shape index (κ3) is 7.79. The van der Waals surface area contributed by atoms with Crippen LogP contribution in [-0.4, -0.2) is 105 Å². The molecule has 0 aromatic heterocycles. The summed E-state index contributed by atoms with van der Waals surface area (Å²) in [6.07, 6.45) is -10.9. The summed E-state index contributed by atoms with van der Waals surface area (Å²) in [6.45, 7) is 7.78. The number of aliphatic hydroxyl groups is 3. The minimum Gasteiger partial charge on any atom is -0.456 e. The summed E-state index contributed by atoms with van der Waals surface area (Å²) >= 11 is 12.5. The second-order valence-electron chi connectivity index (χ2n) is 17.6. The van der Waals surface area contributed by atoms with Gasteiger partial charge < -0.3 is 44.3 Å². The average Bonchev–Trinajstić information content (AvgIpc) is 3.24. The fourth-order valence-electron chi connectivity index (χ4n) is 10.2. The van der Waals surface area contributed by atoms with Crippen LogP contribution in [0.5, 0.6) is 0 Å². The van der Waals surface area contributed by atoms with E-state index in [4.69, 9.17) is 46.9 Å². The summed E-state index contributed by atoms with van der Waals surface area (Å²) in [4.78, 5) is 83.8. The lowest BCUT2D eigenvalue weighted by molar-refractivity contribution is -0.346. The van der Waals surface area contributed by atoms with Crippen molar-refractivity contribution in [2.24, 2.45) is 16.7 Å². The van der Waals surface area contributed by atoms with Gasteiger partial charge in [-0.3, -0.25) is 19.2 Å². The van der Waals surface area contributed by atoms with E-state index in [1.165, 1.54) is 45.9 Å². The van der Waals surface area contributed by atoms with Crippen LogP contribution in [0.3, 0.4) is 0 Å². The first-order valence-corrected chi connectivity index (χ1v) is 21.4. The number of fused-ring (bicyclic) bond motifs is 5. The molecule has 64 heavy (non-hydrogen) atoms. The Labute approximate surface area is 378 Å². The number of carbonyl (C=O) groups is 6. The molecule has 0 spiro atoms. The lowest BCUT2D eigenvalue weighted by Gasteiger charge is -2.67. The second kappa shape index (κ2) is 17.3. The number of hydrogen-bond acceptors (Lipinski definition) is 14. The van der Waals surface area contributed by atoms with E-state index in [-0.39, 0.29) is 45.3 Å². The van der Waals surface area contributed by atoms with Crippen LogP contribution in [0.1, 0.15) is 86.7 Å². The van der Waals surface area contributed by atoms with E-state index in [9.17, 15) is 39.3 Å². The van der Waals surface area contributed by atoms with E-state index in [1.807, 2.05) is 0 Å². The SMILES string of the molecule is CC(=O)O[C@H]1C(=O)[C@]2(C)[C@@H](O)CC3OC[C@@]3(OC(C)=O)[C@H]2[C@H](OC(=O)c2ccc(Cl)c(Cl)c2)[C@]2(O)C[C@H](OC(=O)[C@H](O)[C@@H](NC(=O)c3ccccc3)c3ccccc3)C(C)=C1C2(C)C. The third-order valence-corrected chi connectivity index (χ3v) is 14.4. The molecule has 340 valence electrons. The van der Waals surface area contributed by atoms with Crippen molar-refractivity contribution in [1.82, 2.24) is 5.32 Å². The first kappa shape index (κ1) is 46.8. The van der Waals surface area contributed by atoms with Crippen molar-refractivity contribution in [2.45, 2.75) is 108 Å². The highest BCUT2D eigenvalue weighted by Gasteiger charge is 2.78. The summed E-state index contributed by atoms with van der Waals surface area (Å²) in [5.74, 6) is -7.17. The topological polar surface area (TPSA) is 221 Å². The Kier molecular flexibility index (Phi) is 12.7. The fraction of sp³-hybridized carbons (Fsp3) is 0.447. The summed E-state index contributed by atoms with van der Waals surface area (Å²) in [5.41, 5.74) is -7.54. The highest BCUT2D eigenvalue weighted by molar-refractivity contribution is 6.42. The summed E-state index contributed by atoms with van der Waals surface area (Å²) < 4.78 is 30.3. The van der Waals surface area contributed by atoms with Gasteiger partial charge in [0.15, 0.2) is 23.6 Å². The zero-order chi connectivity index (χ0) is 46.7. The number of benzene rings is 3. The van der Waals surface area contributed by atoms with Gasteiger partial charge in [-0.05, 0) is 60.9 Å². The van der Waals surface area contributed by atoms with E-state index in [0.29, 0.717) is 5.56 Å². The van der Waals surface area contributed by atoms with Gasteiger partial charge >= 0.3 is 23.9 Å². The first-order chi connectivity index (χ1) is 30.1. The smallest absolute Gasteiger partial charge is 0.338 e. The fourth-order valence-corrected chi connectivity index (χ4v) is 10.5. The lowest BCUT2D eigenvalue weighted by atomic mass is 9.44. The number of nitrogens with one attached hydrogen (secondary N) is 1. The molecule has 1 aliphatic heterocycles. The molecule has 4 aliphatic rings. The maximum absolute atomic E-state index is 15.5. The molecule has 7 rings (SSSR count). The molecule has 3 aromatic rings. The molecule has 2 bridgehead atoms. The van der Waals surface area contributed by atoms with Gasteiger partial charge in [0.1, 0.15) is 23.9 Å². The minimum atomic E-state index is -2.46. The van der Waals surface area contributed by atoms with Gasteiger partial charge in [0, 0.05) is 37.7 Å². The molecule has 4 N–H and O–H groups in total. The van der Waals surface area contributed by atoms with Gasteiger partial charge in [-0.1, -0.05) is 85.6 Å². The predicted octanol–water partition coefficient (Wildman–Crippen LogP) is 5.04. The summed E-state index contributed by atoms with van der Waals surface area (Å²) in [5, 5.41) is 40.4. The number of halogens is 2. The van der Waals surface area contributed by atoms with E-state index >= 15 is 4.79 Å². The molecular formula is C47H49Cl2NO14. The van der Waals surface area contributed by atoms with Crippen LogP contribution in [-0.2, 0) is 42.9 Å². The number of aliphatic hydroxyl groups excluding tert-OH is 2. The van der Waals surface area contributed by atoms with Crippen molar-refractivity contribution in [3.63, 3.8) is 0 Å². The molecule has 17 heteroatoms. The standard InChI is InChI=1S/C47H49Cl2NO14/c1-23-31(62-43(58)36(54)35(26-13-9-7-10-14-26)50-41(56)27-15-11-8-12-16-27)21-47(59)40(63-42(57)28-17-18-29(48)30(49)19-28)38-45(6,32(53)20-33-46(38,22-60-33)64-25(3)52)39(55)37(61-24(2)51)34(23)44(47,4)5/h7-19,31-33,35-38,40,53-54,59H,20-22H2,1-6H3,(H,50,56)/t31-,32-,33?,35-,36+,37+,38-,40-,45+,46-,47+/m0/s1. The summed E-state index contributed by atoms with van der Waals surface area (Å²) in [6, 6.07) is 18.9. The number of carbonyl (C=O) groups excluding carboxylic acids is 6. The zero-order valence-corrected chi connectivity index (χ0v) is 37.3. The molecule has 2 saturated carbocycles. The molecular weight excluding hydrogens is 873 g/mol. The Morgan fingerprint density at radius 2 is 1.50 bits per heavy atom. The van der Waals surface area contributed by atoms with Gasteiger partial charge in [-0.2, -0.15) is 0 Å². The van der Waals surface area contributed by atoms with Crippen LogP contribution in [0.2, 0.25) is 10.0 Å². The average molecular weight is 923 g/mol. The molecule has 3 fully saturated rings. The van der Waals surface area contributed by atoms with E-state index in [0.717, 1.165) is 13.8 Å². The van der Waals surface area contributed by atoms with Crippen molar-refractivity contribution < 1.29 is 67.8 Å². The number of rotatable bonds is 10. The van der Waals surface area contributed by atoms with Crippen LogP contribution in [0.25, 0.3) is 0 Å². The Bertz CT molecular complexity index is 2410. The summed E-state index contributed by atoms with van der Waals surface area (Å²) in [7, 11) is 0. The van der Waals surface area contributed by atoms with Crippen LogP contribution in [0, 0.1) is 16.7 Å². The van der Waals surface area contributed by atoms with Crippen molar-refractivity contribution in [1.29, 1.82) is 0 Å². The molecule has 1 saturated heterocycles. The Hall–Kier alpha value is -5.16. The Morgan fingerprint density at radius 1 is 0.859 bits per heavy atom. The number of hydrogen-bond donors (Lipinski definition) is 4. The molecule has 3 aliphatic carbocycles. The van der Waals surface area contributed by atoms with E-state index < -0.39 is 113 Å².